The van der Waals surface area contributed by atoms with Gasteiger partial charge < -0.3 is 10.8 Å². The molecular weight excluding hydrogens is 238 g/mol. The Morgan fingerprint density at radius 2 is 1.88 bits per heavy atom. The number of benzene rings is 1. The van der Waals surface area contributed by atoms with Gasteiger partial charge in [-0.1, -0.05) is 31.0 Å². The molecule has 17 heavy (non-hydrogen) atoms. The monoisotopic (exact) mass is 255 g/mol. The summed E-state index contributed by atoms with van der Waals surface area (Å²) in [6.07, 6.45) is 4.67. The van der Waals surface area contributed by atoms with Crippen LogP contribution in [0.4, 0.5) is 0 Å². The van der Waals surface area contributed by atoms with E-state index in [-0.39, 0.29) is 18.4 Å². The number of carbonyl (C=O) groups is 1. The molecule has 1 aromatic carbocycles. The maximum Gasteiger partial charge on any atom is 0.336 e. The van der Waals surface area contributed by atoms with Gasteiger partial charge in [-0.2, -0.15) is 0 Å². The minimum absolute atomic E-state index is 0. The summed E-state index contributed by atoms with van der Waals surface area (Å²) in [5.74, 6) is -0.440. The average molecular weight is 256 g/mol. The van der Waals surface area contributed by atoms with E-state index in [1.54, 1.807) is 12.1 Å². The molecule has 94 valence electrons. The molecule has 0 saturated heterocycles. The Kier molecular flexibility index (Phi) is 4.97. The SMILES string of the molecule is Cl.N[C@@H](c1ccccc1C(=O)O)C1CCCC1. The molecule has 1 fully saturated rings. The summed E-state index contributed by atoms with van der Waals surface area (Å²) in [4.78, 5) is 11.1. The molecule has 4 heteroatoms. The summed E-state index contributed by atoms with van der Waals surface area (Å²) in [7, 11) is 0. The Labute approximate surface area is 107 Å². The second-order valence-electron chi connectivity index (χ2n) is 4.46. The summed E-state index contributed by atoms with van der Waals surface area (Å²) in [6.45, 7) is 0. The van der Waals surface area contributed by atoms with Crippen molar-refractivity contribution >= 4 is 18.4 Å². The van der Waals surface area contributed by atoms with Crippen LogP contribution in [0.3, 0.4) is 0 Å². The molecule has 0 spiro atoms. The highest BCUT2D eigenvalue weighted by Crippen LogP contribution is 2.35. The van der Waals surface area contributed by atoms with Gasteiger partial charge >= 0.3 is 5.97 Å². The van der Waals surface area contributed by atoms with Gasteiger partial charge in [-0.15, -0.1) is 12.4 Å². The third-order valence-corrected chi connectivity index (χ3v) is 3.46. The van der Waals surface area contributed by atoms with Crippen molar-refractivity contribution in [1.29, 1.82) is 0 Å². The lowest BCUT2D eigenvalue weighted by Crippen LogP contribution is -2.21. The second-order valence-corrected chi connectivity index (χ2v) is 4.46. The molecule has 3 nitrogen and oxygen atoms in total. The van der Waals surface area contributed by atoms with E-state index < -0.39 is 5.97 Å². The molecule has 1 atom stereocenters. The van der Waals surface area contributed by atoms with Crippen LogP contribution in [0.1, 0.15) is 47.6 Å². The van der Waals surface area contributed by atoms with Crippen molar-refractivity contribution in [1.82, 2.24) is 0 Å². The molecule has 1 saturated carbocycles. The van der Waals surface area contributed by atoms with Gasteiger partial charge in [0.25, 0.3) is 0 Å². The molecule has 0 heterocycles. The van der Waals surface area contributed by atoms with Crippen molar-refractivity contribution in [2.45, 2.75) is 31.7 Å². The first-order valence-electron chi connectivity index (χ1n) is 5.78. The van der Waals surface area contributed by atoms with Crippen LogP contribution in [-0.4, -0.2) is 11.1 Å². The maximum atomic E-state index is 11.1. The van der Waals surface area contributed by atoms with Crippen LogP contribution in [0, 0.1) is 5.92 Å². The molecule has 2 rings (SSSR count). The zero-order chi connectivity index (χ0) is 11.5. The number of carboxylic acid groups (broad SMARTS) is 1. The van der Waals surface area contributed by atoms with Gasteiger partial charge in [-0.05, 0) is 30.4 Å². The van der Waals surface area contributed by atoms with E-state index in [9.17, 15) is 4.79 Å². The Bertz CT molecular complexity index is 389. The lowest BCUT2D eigenvalue weighted by atomic mass is 9.89. The van der Waals surface area contributed by atoms with Crippen molar-refractivity contribution in [2.24, 2.45) is 11.7 Å². The van der Waals surface area contributed by atoms with E-state index >= 15 is 0 Å². The molecule has 1 aliphatic rings. The number of aromatic carboxylic acids is 1. The van der Waals surface area contributed by atoms with Gasteiger partial charge in [0, 0.05) is 6.04 Å². The standard InChI is InChI=1S/C13H17NO2.ClH/c14-12(9-5-1-2-6-9)10-7-3-4-8-11(10)13(15)16;/h3-4,7-9,12H,1-2,5-6,14H2,(H,15,16);1H/t12-;/m1./s1. The lowest BCUT2D eigenvalue weighted by Gasteiger charge is -2.20. The number of halogens is 1. The fraction of sp³-hybridized carbons (Fsp3) is 0.462. The van der Waals surface area contributed by atoms with E-state index in [0.29, 0.717) is 11.5 Å². The summed E-state index contributed by atoms with van der Waals surface area (Å²) in [5.41, 5.74) is 7.30. The van der Waals surface area contributed by atoms with Gasteiger partial charge in [0.1, 0.15) is 0 Å². The van der Waals surface area contributed by atoms with Crippen LogP contribution < -0.4 is 5.73 Å². The van der Waals surface area contributed by atoms with E-state index in [0.717, 1.165) is 18.4 Å². The fourth-order valence-electron chi connectivity index (χ4n) is 2.55. The first kappa shape index (κ1) is 14.0. The summed E-state index contributed by atoms with van der Waals surface area (Å²) >= 11 is 0. The van der Waals surface area contributed by atoms with Crippen molar-refractivity contribution < 1.29 is 9.90 Å². The maximum absolute atomic E-state index is 11.1. The average Bonchev–Trinajstić information content (AvgIpc) is 2.81. The quantitative estimate of drug-likeness (QED) is 0.873. The van der Waals surface area contributed by atoms with Crippen LogP contribution >= 0.6 is 12.4 Å². The van der Waals surface area contributed by atoms with Crippen LogP contribution in [0.5, 0.6) is 0 Å². The van der Waals surface area contributed by atoms with E-state index in [2.05, 4.69) is 0 Å². The third kappa shape index (κ3) is 2.99. The van der Waals surface area contributed by atoms with Crippen molar-refractivity contribution in [3.63, 3.8) is 0 Å². The minimum Gasteiger partial charge on any atom is -0.478 e. The molecule has 3 N–H and O–H groups in total. The number of hydrogen-bond acceptors (Lipinski definition) is 2. The number of nitrogens with two attached hydrogens (primary N) is 1. The first-order valence-corrected chi connectivity index (χ1v) is 5.78. The Morgan fingerprint density at radius 1 is 1.29 bits per heavy atom. The summed E-state index contributed by atoms with van der Waals surface area (Å²) in [5, 5.41) is 9.10. The molecule has 1 aliphatic carbocycles. The highest BCUT2D eigenvalue weighted by atomic mass is 35.5. The smallest absolute Gasteiger partial charge is 0.336 e. The topological polar surface area (TPSA) is 63.3 Å². The van der Waals surface area contributed by atoms with E-state index in [1.165, 1.54) is 12.8 Å². The zero-order valence-corrected chi connectivity index (χ0v) is 10.5. The Hall–Kier alpha value is -1.06. The van der Waals surface area contributed by atoms with Crippen LogP contribution in [0.2, 0.25) is 0 Å². The van der Waals surface area contributed by atoms with Crippen LogP contribution in [-0.2, 0) is 0 Å². The molecule has 0 radical (unpaired) electrons. The minimum atomic E-state index is -0.885. The third-order valence-electron chi connectivity index (χ3n) is 3.46. The molecular formula is C13H18ClNO2. The first-order chi connectivity index (χ1) is 7.70. The highest BCUT2D eigenvalue weighted by Gasteiger charge is 2.25. The van der Waals surface area contributed by atoms with Gasteiger partial charge in [0.05, 0.1) is 5.56 Å². The normalized spacial score (nSPS) is 17.5. The van der Waals surface area contributed by atoms with Crippen LogP contribution in [0.25, 0.3) is 0 Å². The predicted octanol–water partition coefficient (Wildman–Crippen LogP) is 3.00. The molecule has 0 aliphatic heterocycles. The molecule has 1 aromatic rings. The number of rotatable bonds is 3. The summed E-state index contributed by atoms with van der Waals surface area (Å²) in [6, 6.07) is 6.94. The van der Waals surface area contributed by atoms with Gasteiger partial charge in [0.2, 0.25) is 0 Å². The molecule has 0 aromatic heterocycles. The number of carboxylic acids is 1. The van der Waals surface area contributed by atoms with E-state index in [1.807, 2.05) is 12.1 Å². The van der Waals surface area contributed by atoms with Gasteiger partial charge in [0.15, 0.2) is 0 Å². The number of hydrogen-bond donors (Lipinski definition) is 2. The molecule has 0 unspecified atom stereocenters. The van der Waals surface area contributed by atoms with Crippen molar-refractivity contribution in [3.05, 3.63) is 35.4 Å². The van der Waals surface area contributed by atoms with Gasteiger partial charge in [-0.3, -0.25) is 0 Å². The largest absolute Gasteiger partial charge is 0.478 e. The lowest BCUT2D eigenvalue weighted by molar-refractivity contribution is 0.0694. The molecule has 0 bridgehead atoms. The fourth-order valence-corrected chi connectivity index (χ4v) is 2.55. The van der Waals surface area contributed by atoms with Gasteiger partial charge in [-0.25, -0.2) is 4.79 Å². The van der Waals surface area contributed by atoms with Crippen molar-refractivity contribution in [3.8, 4) is 0 Å². The predicted molar refractivity (Wildman–Crippen MR) is 69.5 cm³/mol. The molecule has 0 amide bonds. The second kappa shape index (κ2) is 6.03. The zero-order valence-electron chi connectivity index (χ0n) is 9.63. The van der Waals surface area contributed by atoms with E-state index in [4.69, 9.17) is 10.8 Å². The Morgan fingerprint density at radius 3 is 2.47 bits per heavy atom. The highest BCUT2D eigenvalue weighted by molar-refractivity contribution is 5.89. The Balaban J connectivity index is 0.00000144. The van der Waals surface area contributed by atoms with Crippen LogP contribution in [0.15, 0.2) is 24.3 Å². The van der Waals surface area contributed by atoms with Crippen molar-refractivity contribution in [2.75, 3.05) is 0 Å². The summed E-state index contributed by atoms with van der Waals surface area (Å²) < 4.78 is 0.